The molecule has 0 unspecified atom stereocenters. The highest BCUT2D eigenvalue weighted by atomic mass is 35.5. The van der Waals surface area contributed by atoms with Gasteiger partial charge in [0.1, 0.15) is 6.10 Å². The number of anilines is 1. The first-order chi connectivity index (χ1) is 10.4. The van der Waals surface area contributed by atoms with E-state index < -0.39 is 0 Å². The van der Waals surface area contributed by atoms with Crippen LogP contribution in [-0.4, -0.2) is 35.2 Å². The van der Waals surface area contributed by atoms with E-state index in [1.54, 1.807) is 0 Å². The highest BCUT2D eigenvalue weighted by Gasteiger charge is 2.25. The lowest BCUT2D eigenvalue weighted by Crippen LogP contribution is -2.37. The zero-order valence-electron chi connectivity index (χ0n) is 12.4. The van der Waals surface area contributed by atoms with E-state index in [2.05, 4.69) is 15.6 Å². The fourth-order valence-corrected chi connectivity index (χ4v) is 2.66. The van der Waals surface area contributed by atoms with Crippen molar-refractivity contribution in [3.8, 4) is 5.88 Å². The molecule has 2 fully saturated rings. The molecule has 1 saturated heterocycles. The minimum atomic E-state index is 0. The van der Waals surface area contributed by atoms with Gasteiger partial charge in [-0.05, 0) is 44.4 Å². The zero-order chi connectivity index (χ0) is 14.1. The maximum Gasteiger partial charge on any atom is 0.258 e. The Bertz CT molecular complexity index is 641. The summed E-state index contributed by atoms with van der Waals surface area (Å²) in [7, 11) is 0. The van der Waals surface area contributed by atoms with Crippen molar-refractivity contribution in [3.63, 3.8) is 0 Å². The first-order valence-electron chi connectivity index (χ1n) is 7.79. The van der Waals surface area contributed by atoms with E-state index in [1.165, 1.54) is 12.8 Å². The van der Waals surface area contributed by atoms with Crippen molar-refractivity contribution in [1.82, 2.24) is 15.3 Å². The maximum atomic E-state index is 6.12. The van der Waals surface area contributed by atoms with Gasteiger partial charge in [-0.3, -0.25) is 0 Å². The molecule has 22 heavy (non-hydrogen) atoms. The van der Waals surface area contributed by atoms with Crippen LogP contribution >= 0.6 is 12.4 Å². The van der Waals surface area contributed by atoms with Gasteiger partial charge in [0, 0.05) is 12.6 Å². The molecule has 2 aliphatic rings. The molecule has 118 valence electrons. The quantitative estimate of drug-likeness (QED) is 0.907. The van der Waals surface area contributed by atoms with E-state index in [1.807, 2.05) is 24.3 Å². The first-order valence-corrected chi connectivity index (χ1v) is 7.79. The number of para-hydroxylation sites is 2. The summed E-state index contributed by atoms with van der Waals surface area (Å²) >= 11 is 0. The second-order valence-electron chi connectivity index (χ2n) is 5.87. The lowest BCUT2D eigenvalue weighted by atomic mass is 10.1. The van der Waals surface area contributed by atoms with Gasteiger partial charge in [-0.1, -0.05) is 12.1 Å². The van der Waals surface area contributed by atoms with Crippen molar-refractivity contribution >= 4 is 29.3 Å². The van der Waals surface area contributed by atoms with E-state index in [9.17, 15) is 0 Å². The number of piperidine rings is 1. The maximum absolute atomic E-state index is 6.12. The lowest BCUT2D eigenvalue weighted by molar-refractivity contribution is 0.161. The molecule has 1 saturated carbocycles. The topological polar surface area (TPSA) is 59.1 Å². The van der Waals surface area contributed by atoms with Crippen LogP contribution in [0.4, 0.5) is 5.82 Å². The highest BCUT2D eigenvalue weighted by Crippen LogP contribution is 2.30. The summed E-state index contributed by atoms with van der Waals surface area (Å²) < 4.78 is 6.12. The Morgan fingerprint density at radius 2 is 1.86 bits per heavy atom. The van der Waals surface area contributed by atoms with Crippen molar-refractivity contribution in [2.24, 2.45) is 0 Å². The normalized spacial score (nSPS) is 21.2. The summed E-state index contributed by atoms with van der Waals surface area (Å²) in [5, 5.41) is 6.82. The molecule has 1 aliphatic heterocycles. The van der Waals surface area contributed by atoms with Crippen molar-refractivity contribution < 1.29 is 4.74 Å². The van der Waals surface area contributed by atoms with Crippen LogP contribution in [0.2, 0.25) is 0 Å². The van der Waals surface area contributed by atoms with E-state index in [0.717, 1.165) is 42.8 Å². The SMILES string of the molecule is Cl.c1ccc2nc(O[C@H]3CCCNC3)c(NC3CC3)nc2c1. The van der Waals surface area contributed by atoms with Crippen molar-refractivity contribution in [2.45, 2.75) is 37.8 Å². The van der Waals surface area contributed by atoms with Gasteiger partial charge in [0.05, 0.1) is 11.0 Å². The predicted octanol–water partition coefficient (Wildman–Crippen LogP) is 2.76. The molecule has 2 aromatic rings. The van der Waals surface area contributed by atoms with Gasteiger partial charge in [0.2, 0.25) is 0 Å². The van der Waals surface area contributed by atoms with Gasteiger partial charge < -0.3 is 15.4 Å². The van der Waals surface area contributed by atoms with E-state index in [0.29, 0.717) is 11.9 Å². The number of benzene rings is 1. The predicted molar refractivity (Wildman–Crippen MR) is 90.0 cm³/mol. The molecule has 5 nitrogen and oxygen atoms in total. The third kappa shape index (κ3) is 3.42. The van der Waals surface area contributed by atoms with E-state index in [-0.39, 0.29) is 18.5 Å². The molecular weight excluding hydrogens is 300 g/mol. The fraction of sp³-hybridized carbons (Fsp3) is 0.500. The molecular formula is C16H21ClN4O. The molecule has 2 heterocycles. The summed E-state index contributed by atoms with van der Waals surface area (Å²) in [6.07, 6.45) is 4.83. The van der Waals surface area contributed by atoms with Gasteiger partial charge in [-0.2, -0.15) is 0 Å². The summed E-state index contributed by atoms with van der Waals surface area (Å²) in [4.78, 5) is 9.38. The third-order valence-electron chi connectivity index (χ3n) is 3.99. The number of rotatable bonds is 4. The molecule has 4 rings (SSSR count). The molecule has 1 atom stereocenters. The number of aromatic nitrogens is 2. The van der Waals surface area contributed by atoms with Gasteiger partial charge in [-0.25, -0.2) is 9.97 Å². The smallest absolute Gasteiger partial charge is 0.258 e. The highest BCUT2D eigenvalue weighted by molar-refractivity contribution is 5.85. The summed E-state index contributed by atoms with van der Waals surface area (Å²) in [5.74, 6) is 1.44. The van der Waals surface area contributed by atoms with Crippen LogP contribution in [-0.2, 0) is 0 Å². The van der Waals surface area contributed by atoms with Crippen molar-refractivity contribution in [1.29, 1.82) is 0 Å². The lowest BCUT2D eigenvalue weighted by Gasteiger charge is -2.24. The molecule has 0 spiro atoms. The Hall–Kier alpha value is -1.59. The number of hydrogen-bond donors (Lipinski definition) is 2. The van der Waals surface area contributed by atoms with E-state index >= 15 is 0 Å². The second-order valence-corrected chi connectivity index (χ2v) is 5.87. The third-order valence-corrected chi connectivity index (χ3v) is 3.99. The van der Waals surface area contributed by atoms with Crippen LogP contribution in [0.1, 0.15) is 25.7 Å². The number of hydrogen-bond acceptors (Lipinski definition) is 5. The number of halogens is 1. The van der Waals surface area contributed by atoms with Gasteiger partial charge in [0.15, 0.2) is 5.82 Å². The van der Waals surface area contributed by atoms with E-state index in [4.69, 9.17) is 9.72 Å². The molecule has 1 aromatic carbocycles. The minimum Gasteiger partial charge on any atom is -0.470 e. The van der Waals surface area contributed by atoms with Crippen LogP contribution in [0.3, 0.4) is 0 Å². The van der Waals surface area contributed by atoms with Crippen molar-refractivity contribution in [2.75, 3.05) is 18.4 Å². The Morgan fingerprint density at radius 1 is 1.09 bits per heavy atom. The van der Waals surface area contributed by atoms with Gasteiger partial charge in [-0.15, -0.1) is 12.4 Å². The standard InChI is InChI=1S/C16H20N4O.ClH/c1-2-6-14-13(5-1)19-15(18-11-7-8-11)16(20-14)21-12-4-3-9-17-10-12;/h1-2,5-6,11-12,17H,3-4,7-10H2,(H,18,19);1H/t12-;/m0./s1. The molecule has 0 bridgehead atoms. The number of nitrogens with one attached hydrogen (secondary N) is 2. The largest absolute Gasteiger partial charge is 0.470 e. The second kappa shape index (κ2) is 6.67. The average Bonchev–Trinajstić information content (AvgIpc) is 3.33. The van der Waals surface area contributed by atoms with Crippen LogP contribution in [0.15, 0.2) is 24.3 Å². The number of nitrogens with zero attached hydrogens (tertiary/aromatic N) is 2. The fourth-order valence-electron chi connectivity index (χ4n) is 2.66. The average molecular weight is 321 g/mol. The molecule has 0 radical (unpaired) electrons. The summed E-state index contributed by atoms with van der Waals surface area (Å²) in [6, 6.07) is 8.48. The van der Waals surface area contributed by atoms with Crippen LogP contribution in [0.5, 0.6) is 5.88 Å². The molecule has 1 aliphatic carbocycles. The summed E-state index contributed by atoms with van der Waals surface area (Å²) in [6.45, 7) is 1.97. The molecule has 2 N–H and O–H groups in total. The number of fused-ring (bicyclic) bond motifs is 1. The zero-order valence-corrected chi connectivity index (χ0v) is 13.2. The Kier molecular flexibility index (Phi) is 4.64. The Balaban J connectivity index is 0.00000144. The van der Waals surface area contributed by atoms with Crippen LogP contribution in [0, 0.1) is 0 Å². The molecule has 6 heteroatoms. The van der Waals surface area contributed by atoms with Crippen molar-refractivity contribution in [3.05, 3.63) is 24.3 Å². The number of ether oxygens (including phenoxy) is 1. The van der Waals surface area contributed by atoms with Gasteiger partial charge >= 0.3 is 0 Å². The Morgan fingerprint density at radius 3 is 2.55 bits per heavy atom. The van der Waals surface area contributed by atoms with Crippen LogP contribution < -0.4 is 15.4 Å². The monoisotopic (exact) mass is 320 g/mol. The molecule has 0 amide bonds. The van der Waals surface area contributed by atoms with Gasteiger partial charge in [0.25, 0.3) is 5.88 Å². The van der Waals surface area contributed by atoms with Crippen LogP contribution in [0.25, 0.3) is 11.0 Å². The summed E-state index contributed by atoms with van der Waals surface area (Å²) in [5.41, 5.74) is 1.80. The first kappa shape index (κ1) is 15.3. The molecule has 1 aromatic heterocycles. The minimum absolute atomic E-state index is 0. The Labute approximate surface area is 136 Å².